The van der Waals surface area contributed by atoms with Gasteiger partial charge in [0.05, 0.1) is 5.69 Å². The SMILES string of the molecule is Cc1cccc(C)c1N=C1NC(=O)[C@@H](CC(=O)Nc2cccc3ccccc23)S1. The summed E-state index contributed by atoms with van der Waals surface area (Å²) in [6, 6.07) is 19.6. The summed E-state index contributed by atoms with van der Waals surface area (Å²) in [5.74, 6) is -0.379. The Balaban J connectivity index is 1.46. The lowest BCUT2D eigenvalue weighted by molar-refractivity contribution is -0.122. The summed E-state index contributed by atoms with van der Waals surface area (Å²) in [6.45, 7) is 3.98. The van der Waals surface area contributed by atoms with Gasteiger partial charge in [-0.15, -0.1) is 0 Å². The number of benzene rings is 3. The van der Waals surface area contributed by atoms with Crippen molar-refractivity contribution in [2.24, 2.45) is 4.99 Å². The lowest BCUT2D eigenvalue weighted by Gasteiger charge is -2.10. The van der Waals surface area contributed by atoms with E-state index in [1.54, 1.807) is 0 Å². The molecule has 2 N–H and O–H groups in total. The number of nitrogens with one attached hydrogen (secondary N) is 2. The maximum Gasteiger partial charge on any atom is 0.240 e. The summed E-state index contributed by atoms with van der Waals surface area (Å²) in [6.07, 6.45) is 0.0888. The highest BCUT2D eigenvalue weighted by atomic mass is 32.2. The van der Waals surface area contributed by atoms with Crippen LogP contribution in [0.2, 0.25) is 0 Å². The number of para-hydroxylation sites is 1. The zero-order chi connectivity index (χ0) is 20.4. The van der Waals surface area contributed by atoms with Gasteiger partial charge in [-0.3, -0.25) is 9.59 Å². The quantitative estimate of drug-likeness (QED) is 0.663. The molecular weight excluding hydrogens is 382 g/mol. The third kappa shape index (κ3) is 4.17. The second kappa shape index (κ2) is 8.09. The average molecular weight is 404 g/mol. The molecule has 1 aliphatic heterocycles. The molecule has 4 rings (SSSR count). The van der Waals surface area contributed by atoms with Gasteiger partial charge >= 0.3 is 0 Å². The molecule has 0 aromatic heterocycles. The fourth-order valence-electron chi connectivity index (χ4n) is 3.38. The van der Waals surface area contributed by atoms with Crippen molar-refractivity contribution in [3.05, 3.63) is 71.8 Å². The first kappa shape index (κ1) is 19.2. The third-order valence-electron chi connectivity index (χ3n) is 4.86. The summed E-state index contributed by atoms with van der Waals surface area (Å²) in [4.78, 5) is 29.5. The van der Waals surface area contributed by atoms with Gasteiger partial charge in [0.2, 0.25) is 11.8 Å². The van der Waals surface area contributed by atoms with Gasteiger partial charge in [0.25, 0.3) is 0 Å². The molecule has 6 heteroatoms. The number of rotatable bonds is 4. The van der Waals surface area contributed by atoms with Gasteiger partial charge in [-0.2, -0.15) is 0 Å². The zero-order valence-corrected chi connectivity index (χ0v) is 17.0. The Morgan fingerprint density at radius 3 is 2.52 bits per heavy atom. The number of aryl methyl sites for hydroxylation is 2. The van der Waals surface area contributed by atoms with Crippen molar-refractivity contribution in [2.45, 2.75) is 25.5 Å². The van der Waals surface area contributed by atoms with Crippen molar-refractivity contribution in [3.8, 4) is 0 Å². The van der Waals surface area contributed by atoms with Gasteiger partial charge in [0.1, 0.15) is 5.25 Å². The molecule has 1 atom stereocenters. The molecular formula is C23H21N3O2S. The number of amides is 2. The Bertz CT molecular complexity index is 1110. The number of nitrogens with zero attached hydrogens (tertiary/aromatic N) is 1. The summed E-state index contributed by atoms with van der Waals surface area (Å²) in [5.41, 5.74) is 3.70. The van der Waals surface area contributed by atoms with Crippen LogP contribution in [0.3, 0.4) is 0 Å². The van der Waals surface area contributed by atoms with E-state index in [2.05, 4.69) is 15.6 Å². The zero-order valence-electron chi connectivity index (χ0n) is 16.2. The van der Waals surface area contributed by atoms with Gasteiger partial charge in [-0.1, -0.05) is 66.4 Å². The van der Waals surface area contributed by atoms with Gasteiger partial charge in [-0.05, 0) is 36.4 Å². The van der Waals surface area contributed by atoms with Gasteiger partial charge in [-0.25, -0.2) is 4.99 Å². The summed E-state index contributed by atoms with van der Waals surface area (Å²) < 4.78 is 0. The van der Waals surface area contributed by atoms with Gasteiger partial charge in [0, 0.05) is 17.5 Å². The van der Waals surface area contributed by atoms with E-state index in [9.17, 15) is 9.59 Å². The van der Waals surface area contributed by atoms with Gasteiger partial charge in [0.15, 0.2) is 5.17 Å². The van der Waals surface area contributed by atoms with Crippen LogP contribution >= 0.6 is 11.8 Å². The molecule has 1 aliphatic rings. The van der Waals surface area contributed by atoms with Crippen LogP contribution in [0, 0.1) is 13.8 Å². The van der Waals surface area contributed by atoms with Crippen LogP contribution in [0.5, 0.6) is 0 Å². The second-order valence-corrected chi connectivity index (χ2v) is 8.22. The van der Waals surface area contributed by atoms with Crippen molar-refractivity contribution < 1.29 is 9.59 Å². The van der Waals surface area contributed by atoms with E-state index in [0.717, 1.165) is 33.3 Å². The number of fused-ring (bicyclic) bond motifs is 1. The minimum atomic E-state index is -0.493. The van der Waals surface area contributed by atoms with Crippen molar-refractivity contribution in [1.29, 1.82) is 0 Å². The fraction of sp³-hybridized carbons (Fsp3) is 0.174. The predicted molar refractivity (Wildman–Crippen MR) is 120 cm³/mol. The molecule has 146 valence electrons. The highest BCUT2D eigenvalue weighted by Gasteiger charge is 2.32. The second-order valence-electron chi connectivity index (χ2n) is 7.03. The lowest BCUT2D eigenvalue weighted by atomic mass is 10.1. The highest BCUT2D eigenvalue weighted by Crippen LogP contribution is 2.29. The van der Waals surface area contributed by atoms with Crippen LogP contribution in [0.4, 0.5) is 11.4 Å². The molecule has 0 spiro atoms. The molecule has 1 heterocycles. The van der Waals surface area contributed by atoms with Crippen molar-refractivity contribution in [3.63, 3.8) is 0 Å². The molecule has 0 bridgehead atoms. The number of amidine groups is 1. The minimum absolute atomic E-state index is 0.0888. The number of carbonyl (C=O) groups is 2. The summed E-state index contributed by atoms with van der Waals surface area (Å²) in [5, 5.41) is 7.82. The first-order valence-electron chi connectivity index (χ1n) is 9.41. The monoisotopic (exact) mass is 403 g/mol. The Morgan fingerprint density at radius 1 is 1.03 bits per heavy atom. The molecule has 3 aromatic carbocycles. The van der Waals surface area contributed by atoms with Crippen molar-refractivity contribution >= 4 is 50.9 Å². The van der Waals surface area contributed by atoms with Crippen molar-refractivity contribution in [2.75, 3.05) is 5.32 Å². The Hall–Kier alpha value is -3.12. The van der Waals surface area contributed by atoms with Crippen LogP contribution in [0.25, 0.3) is 10.8 Å². The van der Waals surface area contributed by atoms with E-state index in [4.69, 9.17) is 0 Å². The molecule has 5 nitrogen and oxygen atoms in total. The molecule has 0 unspecified atom stereocenters. The van der Waals surface area contributed by atoms with Crippen LogP contribution in [-0.2, 0) is 9.59 Å². The number of anilines is 1. The predicted octanol–water partition coefficient (Wildman–Crippen LogP) is 4.70. The van der Waals surface area contributed by atoms with E-state index in [-0.39, 0.29) is 18.2 Å². The number of hydrogen-bond acceptors (Lipinski definition) is 4. The van der Waals surface area contributed by atoms with E-state index in [1.165, 1.54) is 11.8 Å². The summed E-state index contributed by atoms with van der Waals surface area (Å²) in [7, 11) is 0. The van der Waals surface area contributed by atoms with Crippen LogP contribution < -0.4 is 10.6 Å². The molecule has 0 aliphatic carbocycles. The molecule has 0 saturated carbocycles. The van der Waals surface area contributed by atoms with E-state index < -0.39 is 5.25 Å². The van der Waals surface area contributed by atoms with Crippen LogP contribution in [0.1, 0.15) is 17.5 Å². The molecule has 1 saturated heterocycles. The molecule has 3 aromatic rings. The number of hydrogen-bond donors (Lipinski definition) is 2. The lowest BCUT2D eigenvalue weighted by Crippen LogP contribution is -2.28. The highest BCUT2D eigenvalue weighted by molar-refractivity contribution is 8.15. The molecule has 0 radical (unpaired) electrons. The first-order valence-corrected chi connectivity index (χ1v) is 10.3. The molecule has 2 amide bonds. The van der Waals surface area contributed by atoms with E-state index >= 15 is 0 Å². The van der Waals surface area contributed by atoms with Crippen LogP contribution in [0.15, 0.2) is 65.7 Å². The van der Waals surface area contributed by atoms with E-state index in [0.29, 0.717) is 5.17 Å². The largest absolute Gasteiger partial charge is 0.325 e. The number of carbonyl (C=O) groups excluding carboxylic acids is 2. The standard InChI is InChI=1S/C23H21N3O2S/c1-14-7-5-8-15(2)21(14)25-23-26-22(28)19(29-23)13-20(27)24-18-12-6-10-16-9-3-4-11-17(16)18/h3-12,19H,13H2,1-2H3,(H,24,27)(H,25,26,28)/t19-/m1/s1. The topological polar surface area (TPSA) is 70.6 Å². The number of aliphatic imine (C=N–C) groups is 1. The summed E-state index contributed by atoms with van der Waals surface area (Å²) >= 11 is 1.30. The fourth-order valence-corrected chi connectivity index (χ4v) is 4.35. The normalized spacial score (nSPS) is 17.5. The third-order valence-corrected chi connectivity index (χ3v) is 5.95. The Morgan fingerprint density at radius 2 is 1.72 bits per heavy atom. The van der Waals surface area contributed by atoms with E-state index in [1.807, 2.05) is 74.5 Å². The minimum Gasteiger partial charge on any atom is -0.325 e. The smallest absolute Gasteiger partial charge is 0.240 e. The van der Waals surface area contributed by atoms with Crippen molar-refractivity contribution in [1.82, 2.24) is 5.32 Å². The maximum absolute atomic E-state index is 12.6. The Kier molecular flexibility index (Phi) is 5.36. The molecule has 1 fully saturated rings. The van der Waals surface area contributed by atoms with Crippen LogP contribution in [-0.4, -0.2) is 22.2 Å². The first-order chi connectivity index (χ1) is 14.0. The maximum atomic E-state index is 12.6. The molecule has 29 heavy (non-hydrogen) atoms. The Labute approximate surface area is 173 Å². The van der Waals surface area contributed by atoms with Gasteiger partial charge < -0.3 is 10.6 Å². The number of thioether (sulfide) groups is 1. The average Bonchev–Trinajstić information content (AvgIpc) is 3.04.